The first-order valence-corrected chi connectivity index (χ1v) is 8.83. The summed E-state index contributed by atoms with van der Waals surface area (Å²) in [5, 5.41) is 3.67. The van der Waals surface area contributed by atoms with Gasteiger partial charge in [-0.3, -0.25) is 4.79 Å². The van der Waals surface area contributed by atoms with E-state index in [9.17, 15) is 4.79 Å². The van der Waals surface area contributed by atoms with Crippen LogP contribution in [0, 0.1) is 0 Å². The van der Waals surface area contributed by atoms with Crippen molar-refractivity contribution in [3.8, 4) is 5.75 Å². The van der Waals surface area contributed by atoms with Gasteiger partial charge in [0.15, 0.2) is 0 Å². The Labute approximate surface area is 158 Å². The maximum Gasteiger partial charge on any atom is 0.251 e. The van der Waals surface area contributed by atoms with Crippen LogP contribution in [-0.2, 0) is 6.61 Å². The number of ether oxygens (including phenoxy) is 1. The number of halogens is 1. The molecule has 3 aromatic carbocycles. The molecule has 0 fully saturated rings. The van der Waals surface area contributed by atoms with Crippen LogP contribution in [0.1, 0.15) is 34.5 Å². The van der Waals surface area contributed by atoms with Gasteiger partial charge < -0.3 is 10.1 Å². The molecule has 0 saturated carbocycles. The number of carbonyl (C=O) groups excluding carboxylic acids is 1. The zero-order valence-corrected chi connectivity index (χ0v) is 15.2. The SMILES string of the molecule is C[C@@H](NC(=O)c1cccc(OCc2ccccc2Cl)c1)c1ccccc1. The molecule has 1 amide bonds. The van der Waals surface area contributed by atoms with Crippen molar-refractivity contribution in [3.05, 3.63) is 101 Å². The third kappa shape index (κ3) is 4.64. The van der Waals surface area contributed by atoms with Crippen molar-refractivity contribution in [1.29, 1.82) is 0 Å². The van der Waals surface area contributed by atoms with Gasteiger partial charge in [-0.25, -0.2) is 0 Å². The van der Waals surface area contributed by atoms with Crippen molar-refractivity contribution in [3.63, 3.8) is 0 Å². The Morgan fingerprint density at radius 2 is 1.73 bits per heavy atom. The quantitative estimate of drug-likeness (QED) is 0.634. The van der Waals surface area contributed by atoms with Gasteiger partial charge in [0, 0.05) is 16.1 Å². The highest BCUT2D eigenvalue weighted by atomic mass is 35.5. The van der Waals surface area contributed by atoms with Crippen LogP contribution < -0.4 is 10.1 Å². The van der Waals surface area contributed by atoms with E-state index in [4.69, 9.17) is 16.3 Å². The second-order valence-electron chi connectivity index (χ2n) is 6.01. The first-order valence-electron chi connectivity index (χ1n) is 8.45. The molecule has 132 valence electrons. The van der Waals surface area contributed by atoms with Crippen molar-refractivity contribution in [2.75, 3.05) is 0 Å². The summed E-state index contributed by atoms with van der Waals surface area (Å²) in [6, 6.07) is 24.5. The molecule has 0 unspecified atom stereocenters. The summed E-state index contributed by atoms with van der Waals surface area (Å²) in [6.07, 6.45) is 0. The Balaban J connectivity index is 1.65. The van der Waals surface area contributed by atoms with E-state index in [2.05, 4.69) is 5.32 Å². The number of hydrogen-bond acceptors (Lipinski definition) is 2. The lowest BCUT2D eigenvalue weighted by Gasteiger charge is -2.15. The largest absolute Gasteiger partial charge is 0.489 e. The van der Waals surface area contributed by atoms with Crippen LogP contribution in [0.4, 0.5) is 0 Å². The van der Waals surface area contributed by atoms with Gasteiger partial charge in [0.05, 0.1) is 6.04 Å². The van der Waals surface area contributed by atoms with Crippen LogP contribution in [0.3, 0.4) is 0 Å². The highest BCUT2D eigenvalue weighted by molar-refractivity contribution is 6.31. The van der Waals surface area contributed by atoms with Gasteiger partial charge >= 0.3 is 0 Å². The molecule has 3 nitrogen and oxygen atoms in total. The molecule has 0 bridgehead atoms. The number of amides is 1. The number of rotatable bonds is 6. The molecule has 26 heavy (non-hydrogen) atoms. The van der Waals surface area contributed by atoms with Gasteiger partial charge in [-0.1, -0.05) is 66.2 Å². The minimum absolute atomic E-state index is 0.0728. The van der Waals surface area contributed by atoms with Gasteiger partial charge in [-0.05, 0) is 36.8 Å². The van der Waals surface area contributed by atoms with Crippen LogP contribution in [0.25, 0.3) is 0 Å². The molecule has 0 saturated heterocycles. The fourth-order valence-electron chi connectivity index (χ4n) is 2.61. The van der Waals surface area contributed by atoms with E-state index in [0.717, 1.165) is 11.1 Å². The monoisotopic (exact) mass is 365 g/mol. The van der Waals surface area contributed by atoms with Gasteiger partial charge in [0.25, 0.3) is 5.91 Å². The van der Waals surface area contributed by atoms with Gasteiger partial charge in [-0.15, -0.1) is 0 Å². The maximum atomic E-state index is 12.5. The Bertz CT molecular complexity index is 880. The van der Waals surface area contributed by atoms with E-state index in [1.807, 2.05) is 73.7 Å². The van der Waals surface area contributed by atoms with E-state index < -0.39 is 0 Å². The second kappa shape index (κ2) is 8.54. The van der Waals surface area contributed by atoms with E-state index in [1.165, 1.54) is 0 Å². The lowest BCUT2D eigenvalue weighted by atomic mass is 10.1. The molecule has 4 heteroatoms. The molecule has 1 N–H and O–H groups in total. The lowest BCUT2D eigenvalue weighted by Crippen LogP contribution is -2.26. The summed E-state index contributed by atoms with van der Waals surface area (Å²) in [7, 11) is 0. The minimum Gasteiger partial charge on any atom is -0.489 e. The standard InChI is InChI=1S/C22H20ClNO2/c1-16(17-8-3-2-4-9-17)24-22(25)18-11-7-12-20(14-18)26-15-19-10-5-6-13-21(19)23/h2-14,16H,15H2,1H3,(H,24,25)/t16-/m1/s1. The van der Waals surface area contributed by atoms with Gasteiger partial charge in [0.2, 0.25) is 0 Å². The number of benzene rings is 3. The molecule has 0 aliphatic rings. The van der Waals surface area contributed by atoms with E-state index in [-0.39, 0.29) is 11.9 Å². The van der Waals surface area contributed by atoms with Crippen molar-refractivity contribution >= 4 is 17.5 Å². The fourth-order valence-corrected chi connectivity index (χ4v) is 2.80. The third-order valence-electron chi connectivity index (χ3n) is 4.10. The molecular weight excluding hydrogens is 346 g/mol. The lowest BCUT2D eigenvalue weighted by molar-refractivity contribution is 0.0939. The molecule has 0 radical (unpaired) electrons. The first-order chi connectivity index (χ1) is 12.6. The summed E-state index contributed by atoms with van der Waals surface area (Å²) in [6.45, 7) is 2.32. The molecule has 0 aromatic heterocycles. The molecule has 3 rings (SSSR count). The molecule has 0 spiro atoms. The Morgan fingerprint density at radius 1 is 1.00 bits per heavy atom. The fraction of sp³-hybridized carbons (Fsp3) is 0.136. The Kier molecular flexibility index (Phi) is 5.92. The van der Waals surface area contributed by atoms with Crippen LogP contribution in [0.15, 0.2) is 78.9 Å². The van der Waals surface area contributed by atoms with Crippen LogP contribution in [0.2, 0.25) is 5.02 Å². The predicted octanol–water partition coefficient (Wildman–Crippen LogP) is 5.41. The Hall–Kier alpha value is -2.78. The van der Waals surface area contributed by atoms with Crippen LogP contribution in [0.5, 0.6) is 5.75 Å². The molecule has 0 aliphatic heterocycles. The zero-order valence-electron chi connectivity index (χ0n) is 14.5. The first kappa shape index (κ1) is 18.0. The average molecular weight is 366 g/mol. The second-order valence-corrected chi connectivity index (χ2v) is 6.42. The van der Waals surface area contributed by atoms with Crippen LogP contribution in [-0.4, -0.2) is 5.91 Å². The maximum absolute atomic E-state index is 12.5. The van der Waals surface area contributed by atoms with E-state index >= 15 is 0 Å². The zero-order chi connectivity index (χ0) is 18.4. The summed E-state index contributed by atoms with van der Waals surface area (Å²) in [5.74, 6) is 0.495. The van der Waals surface area contributed by atoms with E-state index in [0.29, 0.717) is 22.9 Å². The Morgan fingerprint density at radius 3 is 2.50 bits per heavy atom. The third-order valence-corrected chi connectivity index (χ3v) is 4.46. The van der Waals surface area contributed by atoms with Gasteiger partial charge in [-0.2, -0.15) is 0 Å². The minimum atomic E-state index is -0.135. The summed E-state index contributed by atoms with van der Waals surface area (Å²) < 4.78 is 5.79. The van der Waals surface area contributed by atoms with Gasteiger partial charge in [0.1, 0.15) is 12.4 Å². The van der Waals surface area contributed by atoms with Crippen molar-refractivity contribution in [2.45, 2.75) is 19.6 Å². The topological polar surface area (TPSA) is 38.3 Å². The smallest absolute Gasteiger partial charge is 0.251 e. The molecular formula is C22H20ClNO2. The highest BCUT2D eigenvalue weighted by Crippen LogP contribution is 2.20. The highest BCUT2D eigenvalue weighted by Gasteiger charge is 2.12. The number of hydrogen-bond donors (Lipinski definition) is 1. The van der Waals surface area contributed by atoms with Crippen molar-refractivity contribution in [1.82, 2.24) is 5.32 Å². The van der Waals surface area contributed by atoms with Crippen LogP contribution >= 0.6 is 11.6 Å². The molecule has 0 aliphatic carbocycles. The normalized spacial score (nSPS) is 11.6. The summed E-state index contributed by atoms with van der Waals surface area (Å²) in [4.78, 5) is 12.5. The average Bonchev–Trinajstić information content (AvgIpc) is 2.68. The molecule has 3 aromatic rings. The summed E-state index contributed by atoms with van der Waals surface area (Å²) in [5.41, 5.74) is 2.53. The number of carbonyl (C=O) groups is 1. The van der Waals surface area contributed by atoms with Crippen molar-refractivity contribution in [2.24, 2.45) is 0 Å². The molecule has 1 atom stereocenters. The van der Waals surface area contributed by atoms with Crippen molar-refractivity contribution < 1.29 is 9.53 Å². The number of nitrogens with one attached hydrogen (secondary N) is 1. The summed E-state index contributed by atoms with van der Waals surface area (Å²) >= 11 is 6.14. The predicted molar refractivity (Wildman–Crippen MR) is 105 cm³/mol. The molecule has 0 heterocycles. The van der Waals surface area contributed by atoms with E-state index in [1.54, 1.807) is 12.1 Å².